The first-order chi connectivity index (χ1) is 8.90. The van der Waals surface area contributed by atoms with Crippen molar-refractivity contribution in [1.82, 2.24) is 4.98 Å². The molecule has 0 saturated carbocycles. The maximum absolute atomic E-state index is 11.8. The van der Waals surface area contributed by atoms with E-state index in [0.29, 0.717) is 17.2 Å². The van der Waals surface area contributed by atoms with Gasteiger partial charge in [0, 0.05) is 18.6 Å². The number of carboxylic acids is 1. The smallest absolute Gasteiger partial charge is 0.411 e. The monoisotopic (exact) mass is 295 g/mol. The van der Waals surface area contributed by atoms with Gasteiger partial charge in [0.25, 0.3) is 0 Å². The van der Waals surface area contributed by atoms with E-state index in [0.717, 1.165) is 0 Å². The molecule has 0 unspecified atom stereocenters. The molecule has 8 heteroatoms. The average Bonchev–Trinajstić information content (AvgIpc) is 2.32. The highest BCUT2D eigenvalue weighted by Crippen LogP contribution is 2.21. The van der Waals surface area contributed by atoms with E-state index in [1.807, 2.05) is 0 Å². The Balaban J connectivity index is 2.28. The number of nitrogens with zero attached hydrogens (tertiary/aromatic N) is 1. The molecule has 1 heterocycles. The largest absolute Gasteiger partial charge is 0.478 e. The van der Waals surface area contributed by atoms with Gasteiger partial charge >= 0.3 is 12.1 Å². The third-order valence-electron chi connectivity index (χ3n) is 1.94. The Bertz CT molecular complexity index is 426. The van der Waals surface area contributed by atoms with Crippen molar-refractivity contribution < 1.29 is 27.8 Å². The number of rotatable bonds is 7. The predicted octanol–water partition coefficient (Wildman–Crippen LogP) is 2.84. The maximum atomic E-state index is 11.8. The van der Waals surface area contributed by atoms with Crippen molar-refractivity contribution in [3.8, 4) is 0 Å². The molecule has 1 aromatic rings. The van der Waals surface area contributed by atoms with Gasteiger partial charge in [-0.05, 0) is 18.6 Å². The summed E-state index contributed by atoms with van der Waals surface area (Å²) in [5.41, 5.74) is 0.0868. The number of carbonyl (C=O) groups is 1. The quantitative estimate of drug-likeness (QED) is 0.619. The van der Waals surface area contributed by atoms with E-state index >= 15 is 0 Å². The van der Waals surface area contributed by atoms with Crippen LogP contribution in [-0.4, -0.2) is 41.2 Å². The first kappa shape index (κ1) is 15.8. The van der Waals surface area contributed by atoms with Crippen LogP contribution in [-0.2, 0) is 4.74 Å². The Labute approximate surface area is 112 Å². The zero-order valence-electron chi connectivity index (χ0n) is 9.81. The highest BCUT2D eigenvalue weighted by molar-refractivity contribution is 7.99. The molecule has 0 aliphatic heterocycles. The van der Waals surface area contributed by atoms with Gasteiger partial charge in [-0.3, -0.25) is 0 Å². The third-order valence-corrected chi connectivity index (χ3v) is 3.03. The number of aromatic carboxylic acids is 1. The summed E-state index contributed by atoms with van der Waals surface area (Å²) in [4.78, 5) is 14.8. The van der Waals surface area contributed by atoms with E-state index in [9.17, 15) is 18.0 Å². The molecule has 0 amide bonds. The van der Waals surface area contributed by atoms with Gasteiger partial charge in [-0.2, -0.15) is 13.2 Å². The van der Waals surface area contributed by atoms with Gasteiger partial charge in [-0.25, -0.2) is 9.78 Å². The predicted molar refractivity (Wildman–Crippen MR) is 63.4 cm³/mol. The van der Waals surface area contributed by atoms with Crippen LogP contribution < -0.4 is 0 Å². The molecule has 1 N–H and O–H groups in total. The lowest BCUT2D eigenvalue weighted by molar-refractivity contribution is -0.173. The van der Waals surface area contributed by atoms with E-state index < -0.39 is 18.8 Å². The highest BCUT2D eigenvalue weighted by Gasteiger charge is 2.27. The molecule has 106 valence electrons. The number of thioether (sulfide) groups is 1. The van der Waals surface area contributed by atoms with Crippen LogP contribution in [0.2, 0.25) is 0 Å². The SMILES string of the molecule is O=C(O)c1cccnc1SCCCOCC(F)(F)F. The van der Waals surface area contributed by atoms with Crippen LogP contribution >= 0.6 is 11.8 Å². The Morgan fingerprint density at radius 3 is 2.84 bits per heavy atom. The first-order valence-electron chi connectivity index (χ1n) is 5.36. The molecule has 0 saturated heterocycles. The van der Waals surface area contributed by atoms with Crippen molar-refractivity contribution in [3.05, 3.63) is 23.9 Å². The lowest BCUT2D eigenvalue weighted by Gasteiger charge is -2.07. The van der Waals surface area contributed by atoms with Crippen molar-refractivity contribution in [2.75, 3.05) is 19.0 Å². The standard InChI is InChI=1S/C11H12F3NO3S/c12-11(13,14)7-18-5-2-6-19-9-8(10(16)17)3-1-4-15-9/h1,3-4H,2,5-7H2,(H,16,17). The number of alkyl halides is 3. The number of ether oxygens (including phenoxy) is 1. The molecule has 1 rings (SSSR count). The molecule has 0 atom stereocenters. The second-order valence-electron chi connectivity index (χ2n) is 3.53. The number of halogens is 3. The number of hydrogen-bond donors (Lipinski definition) is 1. The lowest BCUT2D eigenvalue weighted by Crippen LogP contribution is -2.17. The molecule has 0 bridgehead atoms. The Morgan fingerprint density at radius 2 is 2.21 bits per heavy atom. The van der Waals surface area contributed by atoms with Gasteiger partial charge in [-0.1, -0.05) is 0 Å². The molecule has 1 aromatic heterocycles. The summed E-state index contributed by atoms with van der Waals surface area (Å²) in [6.45, 7) is -1.29. The fraction of sp³-hybridized carbons (Fsp3) is 0.455. The third kappa shape index (κ3) is 6.44. The number of pyridine rings is 1. The van der Waals surface area contributed by atoms with Crippen LogP contribution in [0.25, 0.3) is 0 Å². The minimum Gasteiger partial charge on any atom is -0.478 e. The van der Waals surface area contributed by atoms with E-state index in [1.54, 1.807) is 0 Å². The molecule has 0 radical (unpaired) electrons. The topological polar surface area (TPSA) is 59.4 Å². The molecule has 4 nitrogen and oxygen atoms in total. The zero-order valence-corrected chi connectivity index (χ0v) is 10.6. The second-order valence-corrected chi connectivity index (χ2v) is 4.61. The minimum absolute atomic E-state index is 0.0260. The molecule has 0 spiro atoms. The van der Waals surface area contributed by atoms with Crippen LogP contribution in [0.1, 0.15) is 16.8 Å². The number of aromatic nitrogens is 1. The van der Waals surface area contributed by atoms with Crippen molar-refractivity contribution in [2.24, 2.45) is 0 Å². The van der Waals surface area contributed by atoms with Crippen molar-refractivity contribution >= 4 is 17.7 Å². The molecular formula is C11H12F3NO3S. The van der Waals surface area contributed by atoms with Crippen LogP contribution in [0.15, 0.2) is 23.4 Å². The summed E-state index contributed by atoms with van der Waals surface area (Å²) in [5, 5.41) is 9.25. The summed E-state index contributed by atoms with van der Waals surface area (Å²) < 4.78 is 39.7. The number of hydrogen-bond acceptors (Lipinski definition) is 4. The van der Waals surface area contributed by atoms with Gasteiger partial charge in [0.15, 0.2) is 0 Å². The van der Waals surface area contributed by atoms with Gasteiger partial charge in [-0.15, -0.1) is 11.8 Å². The van der Waals surface area contributed by atoms with Gasteiger partial charge in [0.2, 0.25) is 0 Å². The Kier molecular flexibility index (Phi) is 6.10. The normalized spacial score (nSPS) is 11.5. The van der Waals surface area contributed by atoms with Crippen LogP contribution in [0.4, 0.5) is 13.2 Å². The van der Waals surface area contributed by atoms with E-state index in [4.69, 9.17) is 5.11 Å². The minimum atomic E-state index is -4.31. The molecule has 0 aromatic carbocycles. The fourth-order valence-electron chi connectivity index (χ4n) is 1.19. The van der Waals surface area contributed by atoms with Crippen molar-refractivity contribution in [3.63, 3.8) is 0 Å². The molecule has 0 aliphatic rings. The fourth-order valence-corrected chi connectivity index (χ4v) is 2.09. The lowest BCUT2D eigenvalue weighted by atomic mass is 10.3. The Morgan fingerprint density at radius 1 is 1.47 bits per heavy atom. The molecule has 0 fully saturated rings. The first-order valence-corrected chi connectivity index (χ1v) is 6.34. The summed E-state index contributed by atoms with van der Waals surface area (Å²) in [7, 11) is 0. The Hall–Kier alpha value is -1.28. The second kappa shape index (κ2) is 7.34. The van der Waals surface area contributed by atoms with Crippen molar-refractivity contribution in [2.45, 2.75) is 17.6 Å². The van der Waals surface area contributed by atoms with Crippen LogP contribution in [0, 0.1) is 0 Å². The van der Waals surface area contributed by atoms with Gasteiger partial charge in [0.05, 0.1) is 5.56 Å². The van der Waals surface area contributed by atoms with Crippen LogP contribution in [0.5, 0.6) is 0 Å². The van der Waals surface area contributed by atoms with Crippen LogP contribution in [0.3, 0.4) is 0 Å². The summed E-state index contributed by atoms with van der Waals surface area (Å²) >= 11 is 1.18. The summed E-state index contributed by atoms with van der Waals surface area (Å²) in [6.07, 6.45) is -2.46. The summed E-state index contributed by atoms with van der Waals surface area (Å²) in [6, 6.07) is 2.94. The van der Waals surface area contributed by atoms with Crippen molar-refractivity contribution in [1.29, 1.82) is 0 Å². The van der Waals surface area contributed by atoms with Gasteiger partial charge in [0.1, 0.15) is 11.6 Å². The average molecular weight is 295 g/mol. The maximum Gasteiger partial charge on any atom is 0.411 e. The molecule has 0 aliphatic carbocycles. The molecular weight excluding hydrogens is 283 g/mol. The zero-order chi connectivity index (χ0) is 14.3. The summed E-state index contributed by atoms with van der Waals surface area (Å²) in [5.74, 6) is -0.640. The van der Waals surface area contributed by atoms with E-state index in [1.165, 1.54) is 30.1 Å². The van der Waals surface area contributed by atoms with E-state index in [-0.39, 0.29) is 12.2 Å². The van der Waals surface area contributed by atoms with E-state index in [2.05, 4.69) is 9.72 Å². The highest BCUT2D eigenvalue weighted by atomic mass is 32.2. The van der Waals surface area contributed by atoms with Gasteiger partial charge < -0.3 is 9.84 Å². The molecule has 19 heavy (non-hydrogen) atoms. The number of carboxylic acid groups (broad SMARTS) is 1.